The van der Waals surface area contributed by atoms with E-state index in [1.54, 1.807) is 6.92 Å². The van der Waals surface area contributed by atoms with E-state index in [-0.39, 0.29) is 18.0 Å². The van der Waals surface area contributed by atoms with Gasteiger partial charge in [-0.15, -0.1) is 0 Å². The van der Waals surface area contributed by atoms with Crippen LogP contribution in [0.3, 0.4) is 0 Å². The Kier molecular flexibility index (Phi) is 6.53. The monoisotopic (exact) mass is 228 g/mol. The summed E-state index contributed by atoms with van der Waals surface area (Å²) in [5.41, 5.74) is 5.65. The topological polar surface area (TPSA) is 79.5 Å². The fourth-order valence-electron chi connectivity index (χ4n) is 1.02. The molecule has 0 saturated heterocycles. The molecule has 0 aromatic rings. The van der Waals surface area contributed by atoms with Crippen LogP contribution in [0.1, 0.15) is 34.6 Å². The summed E-state index contributed by atoms with van der Waals surface area (Å²) in [7, 11) is 0. The number of hydrogen-bond donors (Lipinski definition) is 3. The molecule has 1 unspecified atom stereocenters. The van der Waals surface area contributed by atoms with Crippen LogP contribution in [-0.2, 0) is 4.79 Å². The minimum absolute atomic E-state index is 0.0716. The van der Waals surface area contributed by atoms with Gasteiger partial charge in [-0.2, -0.15) is 0 Å². The lowest BCUT2D eigenvalue weighted by Crippen LogP contribution is -2.49. The molecule has 0 bridgehead atoms. The molecule has 1 atom stereocenters. The van der Waals surface area contributed by atoms with E-state index in [0.29, 0.717) is 18.4 Å². The van der Waals surface area contributed by atoms with Gasteiger partial charge < -0.3 is 16.4 Å². The first-order chi connectivity index (χ1) is 7.32. The summed E-state index contributed by atoms with van der Waals surface area (Å²) in [5.74, 6) is 0.706. The van der Waals surface area contributed by atoms with E-state index >= 15 is 0 Å². The molecule has 16 heavy (non-hydrogen) atoms. The van der Waals surface area contributed by atoms with E-state index in [1.165, 1.54) is 0 Å². The van der Waals surface area contributed by atoms with Crippen LogP contribution < -0.4 is 16.4 Å². The Bertz CT molecular complexity index is 248. The van der Waals surface area contributed by atoms with Gasteiger partial charge >= 0.3 is 0 Å². The van der Waals surface area contributed by atoms with E-state index in [0.717, 1.165) is 0 Å². The highest BCUT2D eigenvalue weighted by Gasteiger charge is 2.13. The molecule has 94 valence electrons. The Labute approximate surface area is 97.9 Å². The molecule has 0 aliphatic carbocycles. The summed E-state index contributed by atoms with van der Waals surface area (Å²) in [5, 5.41) is 5.66. The maximum atomic E-state index is 11.5. The molecule has 0 aromatic heterocycles. The van der Waals surface area contributed by atoms with Gasteiger partial charge in [0.1, 0.15) is 6.04 Å². The van der Waals surface area contributed by atoms with Crippen molar-refractivity contribution in [2.24, 2.45) is 16.6 Å². The number of nitrogens with one attached hydrogen (secondary N) is 2. The van der Waals surface area contributed by atoms with Gasteiger partial charge in [0.15, 0.2) is 5.96 Å². The normalized spacial score (nSPS) is 14.1. The van der Waals surface area contributed by atoms with Crippen LogP contribution in [0.5, 0.6) is 0 Å². The van der Waals surface area contributed by atoms with Crippen molar-refractivity contribution in [3.8, 4) is 0 Å². The molecule has 0 rings (SSSR count). The van der Waals surface area contributed by atoms with Crippen LogP contribution in [-0.4, -0.2) is 30.5 Å². The number of amides is 1. The van der Waals surface area contributed by atoms with Crippen molar-refractivity contribution in [3.05, 3.63) is 0 Å². The zero-order chi connectivity index (χ0) is 12.7. The average molecular weight is 228 g/mol. The molecular weight excluding hydrogens is 204 g/mol. The van der Waals surface area contributed by atoms with Gasteiger partial charge in [-0.3, -0.25) is 9.79 Å². The first-order valence-electron chi connectivity index (χ1n) is 5.69. The zero-order valence-electron chi connectivity index (χ0n) is 10.9. The molecule has 5 heteroatoms. The Morgan fingerprint density at radius 3 is 2.19 bits per heavy atom. The first-order valence-corrected chi connectivity index (χ1v) is 5.69. The largest absolute Gasteiger partial charge is 0.370 e. The summed E-state index contributed by atoms with van der Waals surface area (Å²) in [6.45, 7) is 10.4. The van der Waals surface area contributed by atoms with E-state index in [9.17, 15) is 4.79 Å². The molecule has 1 amide bonds. The lowest BCUT2D eigenvalue weighted by atomic mass is 10.2. The molecule has 0 aliphatic heterocycles. The number of rotatable bonds is 5. The van der Waals surface area contributed by atoms with Crippen molar-refractivity contribution in [2.45, 2.75) is 46.7 Å². The van der Waals surface area contributed by atoms with Gasteiger partial charge in [-0.05, 0) is 26.7 Å². The highest BCUT2D eigenvalue weighted by Crippen LogP contribution is 1.91. The van der Waals surface area contributed by atoms with Gasteiger partial charge in [0.05, 0.1) is 0 Å². The molecule has 0 aliphatic rings. The molecule has 0 saturated carbocycles. The molecule has 0 fully saturated rings. The Morgan fingerprint density at radius 1 is 1.19 bits per heavy atom. The molecular formula is C11H24N4O. The Morgan fingerprint density at radius 2 is 1.75 bits per heavy atom. The fourth-order valence-corrected chi connectivity index (χ4v) is 1.02. The van der Waals surface area contributed by atoms with E-state index < -0.39 is 0 Å². The maximum absolute atomic E-state index is 11.5. The van der Waals surface area contributed by atoms with Gasteiger partial charge in [0.2, 0.25) is 5.91 Å². The molecule has 0 spiro atoms. The number of carbonyl (C=O) groups is 1. The minimum Gasteiger partial charge on any atom is -0.370 e. The Hall–Kier alpha value is -1.26. The van der Waals surface area contributed by atoms with Crippen molar-refractivity contribution in [1.29, 1.82) is 0 Å². The predicted molar refractivity (Wildman–Crippen MR) is 67.2 cm³/mol. The van der Waals surface area contributed by atoms with Crippen LogP contribution in [0.4, 0.5) is 0 Å². The summed E-state index contributed by atoms with van der Waals surface area (Å²) >= 11 is 0. The minimum atomic E-state index is -0.363. The number of nitrogens with zero attached hydrogens (tertiary/aromatic N) is 1. The van der Waals surface area contributed by atoms with Gasteiger partial charge in [0, 0.05) is 12.6 Å². The molecule has 0 aromatic carbocycles. The molecule has 5 nitrogen and oxygen atoms in total. The second-order valence-corrected chi connectivity index (χ2v) is 4.65. The summed E-state index contributed by atoms with van der Waals surface area (Å²) in [6.07, 6.45) is 0. The SMILES string of the molecule is CC(C)CN=C(N)NC(C)C(=O)NC(C)C. The lowest BCUT2D eigenvalue weighted by Gasteiger charge is -2.16. The second-order valence-electron chi connectivity index (χ2n) is 4.65. The second kappa shape index (κ2) is 7.09. The van der Waals surface area contributed by atoms with Crippen molar-refractivity contribution < 1.29 is 4.79 Å². The predicted octanol–water partition coefficient (Wildman–Crippen LogP) is 0.460. The summed E-state index contributed by atoms with van der Waals surface area (Å²) < 4.78 is 0. The van der Waals surface area contributed by atoms with Crippen LogP contribution in [0.25, 0.3) is 0 Å². The molecule has 4 N–H and O–H groups in total. The van der Waals surface area contributed by atoms with Crippen LogP contribution in [0.2, 0.25) is 0 Å². The van der Waals surface area contributed by atoms with Crippen molar-refractivity contribution >= 4 is 11.9 Å². The number of guanidine groups is 1. The van der Waals surface area contributed by atoms with E-state index in [1.807, 2.05) is 13.8 Å². The maximum Gasteiger partial charge on any atom is 0.242 e. The highest BCUT2D eigenvalue weighted by atomic mass is 16.2. The fraction of sp³-hybridized carbons (Fsp3) is 0.818. The highest BCUT2D eigenvalue weighted by molar-refractivity contribution is 5.88. The number of carbonyl (C=O) groups excluding carboxylic acids is 1. The molecule has 0 radical (unpaired) electrons. The third kappa shape index (κ3) is 7.09. The van der Waals surface area contributed by atoms with Gasteiger partial charge in [-0.1, -0.05) is 13.8 Å². The zero-order valence-corrected chi connectivity index (χ0v) is 10.9. The lowest BCUT2D eigenvalue weighted by molar-refractivity contribution is -0.122. The quantitative estimate of drug-likeness (QED) is 0.472. The van der Waals surface area contributed by atoms with Crippen molar-refractivity contribution in [1.82, 2.24) is 10.6 Å². The van der Waals surface area contributed by atoms with Crippen LogP contribution in [0, 0.1) is 5.92 Å². The number of aliphatic imine (C=N–C) groups is 1. The molecule has 0 heterocycles. The van der Waals surface area contributed by atoms with Gasteiger partial charge in [-0.25, -0.2) is 0 Å². The van der Waals surface area contributed by atoms with Crippen LogP contribution in [0.15, 0.2) is 4.99 Å². The van der Waals surface area contributed by atoms with Crippen molar-refractivity contribution in [3.63, 3.8) is 0 Å². The number of hydrogen-bond acceptors (Lipinski definition) is 2. The first kappa shape index (κ1) is 14.7. The smallest absolute Gasteiger partial charge is 0.242 e. The number of nitrogens with two attached hydrogens (primary N) is 1. The Balaban J connectivity index is 4.07. The third-order valence-electron chi connectivity index (χ3n) is 1.82. The summed E-state index contributed by atoms with van der Waals surface area (Å²) in [6, 6.07) is -0.233. The van der Waals surface area contributed by atoms with E-state index in [4.69, 9.17) is 5.73 Å². The van der Waals surface area contributed by atoms with Crippen molar-refractivity contribution in [2.75, 3.05) is 6.54 Å². The van der Waals surface area contributed by atoms with Gasteiger partial charge in [0.25, 0.3) is 0 Å². The van der Waals surface area contributed by atoms with Crippen LogP contribution >= 0.6 is 0 Å². The summed E-state index contributed by atoms with van der Waals surface area (Å²) in [4.78, 5) is 15.7. The average Bonchev–Trinajstić information content (AvgIpc) is 2.13. The standard InChI is InChI=1S/C11H24N4O/c1-7(2)6-13-11(12)15-9(5)10(16)14-8(3)4/h7-9H,6H2,1-5H3,(H,14,16)(H3,12,13,15). The third-order valence-corrected chi connectivity index (χ3v) is 1.82. The van der Waals surface area contributed by atoms with E-state index in [2.05, 4.69) is 29.5 Å².